The first-order chi connectivity index (χ1) is 13.9. The predicted octanol–water partition coefficient (Wildman–Crippen LogP) is 2.37. The Morgan fingerprint density at radius 3 is 1.38 bits per heavy atom. The van der Waals surface area contributed by atoms with E-state index >= 15 is 0 Å². The van der Waals surface area contributed by atoms with E-state index in [2.05, 4.69) is 88.2 Å². The molecule has 8 heteroatoms. The molecule has 0 N–H and O–H groups in total. The Balaban J connectivity index is 0.000000442. The number of rotatable bonds is 11. The molecule has 0 atom stereocenters. The van der Waals surface area contributed by atoms with E-state index in [1.54, 1.807) is 0 Å². The maximum atomic E-state index is 9.18. The maximum absolute atomic E-state index is 9.18. The van der Waals surface area contributed by atoms with Crippen LogP contribution in [0.25, 0.3) is 0 Å². The van der Waals surface area contributed by atoms with Crippen LogP contribution in [0.5, 0.6) is 0 Å². The molecule has 0 bridgehead atoms. The number of nitrogens with zero attached hydrogens (tertiary/aromatic N) is 4. The molecule has 2 rings (SSSR count). The first-order valence-corrected chi connectivity index (χ1v) is 11.7. The number of aryl methyl sites for hydroxylation is 4. The molecule has 0 aliphatic heterocycles. The standard InChI is InChI=1S/2C10H19N2.CH3O3P/c2*1-3-4-5-6-7-12-9-8-11(2)10-12;1-4-5(2)3/h2*8-10H,3-7H2,1-2H3;1H3/q2*+1;-2. The molecule has 0 aliphatic carbocycles. The number of hydrogen-bond acceptors (Lipinski definition) is 3. The molecule has 2 aromatic heterocycles. The van der Waals surface area contributed by atoms with Gasteiger partial charge in [-0.3, -0.25) is 0 Å². The Hall–Kier alpha value is -1.27. The van der Waals surface area contributed by atoms with Crippen molar-refractivity contribution in [2.75, 3.05) is 7.11 Å². The largest absolute Gasteiger partial charge is 0.820 e. The normalized spacial score (nSPS) is 10.3. The Kier molecular flexibility index (Phi) is 17.9. The fourth-order valence-corrected chi connectivity index (χ4v) is 2.71. The molecule has 2 aromatic rings. The predicted molar refractivity (Wildman–Crippen MR) is 113 cm³/mol. The topological polar surface area (TPSA) is 73.0 Å². The van der Waals surface area contributed by atoms with Gasteiger partial charge in [0.1, 0.15) is 24.8 Å². The lowest BCUT2D eigenvalue weighted by Gasteiger charge is -2.25. The van der Waals surface area contributed by atoms with Crippen molar-refractivity contribution < 1.29 is 23.4 Å². The Morgan fingerprint density at radius 1 is 0.759 bits per heavy atom. The quantitative estimate of drug-likeness (QED) is 0.313. The van der Waals surface area contributed by atoms with Crippen LogP contribution in [0.1, 0.15) is 65.2 Å². The number of hydrogen-bond donors (Lipinski definition) is 0. The van der Waals surface area contributed by atoms with Gasteiger partial charge in [0.2, 0.25) is 12.7 Å². The van der Waals surface area contributed by atoms with E-state index in [4.69, 9.17) is 0 Å². The fourth-order valence-electron chi connectivity index (χ4n) is 2.71. The van der Waals surface area contributed by atoms with Crippen LogP contribution in [-0.4, -0.2) is 16.2 Å². The monoisotopic (exact) mass is 428 g/mol. The number of unbranched alkanes of at least 4 members (excludes halogenated alkanes) is 6. The maximum Gasteiger partial charge on any atom is 0.243 e. The fraction of sp³-hybridized carbons (Fsp3) is 0.714. The van der Waals surface area contributed by atoms with Crippen LogP contribution in [0.4, 0.5) is 0 Å². The number of imidazole rings is 2. The summed E-state index contributed by atoms with van der Waals surface area (Å²) in [6.07, 6.45) is 23.4. The van der Waals surface area contributed by atoms with E-state index < -0.39 is 8.60 Å². The summed E-state index contributed by atoms with van der Waals surface area (Å²) >= 11 is 0. The van der Waals surface area contributed by atoms with Crippen molar-refractivity contribution in [2.24, 2.45) is 14.1 Å². The van der Waals surface area contributed by atoms with Gasteiger partial charge in [0, 0.05) is 7.11 Å². The molecular weight excluding hydrogens is 387 g/mol. The zero-order chi connectivity index (χ0) is 21.9. The minimum Gasteiger partial charge on any atom is -0.820 e. The second-order valence-electron chi connectivity index (χ2n) is 7.16. The van der Waals surface area contributed by atoms with Crippen molar-refractivity contribution in [1.29, 1.82) is 0 Å². The van der Waals surface area contributed by atoms with Crippen molar-refractivity contribution in [2.45, 2.75) is 78.3 Å². The van der Waals surface area contributed by atoms with E-state index in [0.29, 0.717) is 0 Å². The highest BCUT2D eigenvalue weighted by Crippen LogP contribution is 2.07. The number of aromatic nitrogens is 4. The van der Waals surface area contributed by atoms with Crippen LogP contribution < -0.4 is 18.9 Å². The average molecular weight is 429 g/mol. The molecule has 7 nitrogen and oxygen atoms in total. The lowest BCUT2D eigenvalue weighted by Crippen LogP contribution is -2.23. The molecule has 0 aliphatic rings. The van der Waals surface area contributed by atoms with Gasteiger partial charge in [-0.15, -0.1) is 0 Å². The summed E-state index contributed by atoms with van der Waals surface area (Å²) in [6.45, 7) is 6.83. The van der Waals surface area contributed by atoms with Gasteiger partial charge in [-0.05, 0) is 25.7 Å². The van der Waals surface area contributed by atoms with Gasteiger partial charge in [-0.25, -0.2) is 18.3 Å². The first-order valence-electron chi connectivity index (χ1n) is 10.6. The lowest BCUT2D eigenvalue weighted by molar-refractivity contribution is -0.671. The summed E-state index contributed by atoms with van der Waals surface area (Å²) in [7, 11) is 2.62. The summed E-state index contributed by atoms with van der Waals surface area (Å²) in [5, 5.41) is 0. The smallest absolute Gasteiger partial charge is 0.243 e. The van der Waals surface area contributed by atoms with Crippen molar-refractivity contribution >= 4 is 8.60 Å². The zero-order valence-electron chi connectivity index (χ0n) is 19.0. The highest BCUT2D eigenvalue weighted by Gasteiger charge is 1.99. The van der Waals surface area contributed by atoms with Crippen molar-refractivity contribution in [3.8, 4) is 0 Å². The first kappa shape index (κ1) is 27.7. The Morgan fingerprint density at radius 2 is 1.14 bits per heavy atom. The average Bonchev–Trinajstić information content (AvgIpc) is 3.31. The summed E-state index contributed by atoms with van der Waals surface area (Å²) in [6, 6.07) is 0. The van der Waals surface area contributed by atoms with Crippen molar-refractivity contribution in [3.63, 3.8) is 0 Å². The Bertz CT molecular complexity index is 554. The van der Waals surface area contributed by atoms with E-state index in [0.717, 1.165) is 7.11 Å². The molecule has 0 amide bonds. The highest BCUT2D eigenvalue weighted by atomic mass is 31.2. The molecule has 0 radical (unpaired) electrons. The van der Waals surface area contributed by atoms with Crippen LogP contribution in [0.2, 0.25) is 0 Å². The molecule has 0 spiro atoms. The van der Waals surface area contributed by atoms with E-state index in [1.165, 1.54) is 64.5 Å². The molecule has 168 valence electrons. The molecular formula is C21H41N4O3P. The summed E-state index contributed by atoms with van der Waals surface area (Å²) in [5.74, 6) is 0. The SMILES string of the molecule is CCCCCCn1cc[n+](C)c1.CCCCCCn1cc[n+](C)c1.COP([O-])[O-]. The second-order valence-corrected chi connectivity index (χ2v) is 7.97. The van der Waals surface area contributed by atoms with Crippen LogP contribution in [0.15, 0.2) is 37.4 Å². The van der Waals surface area contributed by atoms with Crippen LogP contribution >= 0.6 is 8.60 Å². The minimum atomic E-state index is -2.60. The van der Waals surface area contributed by atoms with Gasteiger partial charge in [-0.1, -0.05) is 39.5 Å². The third kappa shape index (κ3) is 17.3. The molecule has 2 heterocycles. The second kappa shape index (κ2) is 18.7. The van der Waals surface area contributed by atoms with Crippen molar-refractivity contribution in [1.82, 2.24) is 9.13 Å². The molecule has 0 unspecified atom stereocenters. The van der Waals surface area contributed by atoms with Gasteiger partial charge in [0.25, 0.3) is 0 Å². The van der Waals surface area contributed by atoms with Gasteiger partial charge >= 0.3 is 0 Å². The Labute approximate surface area is 178 Å². The summed E-state index contributed by atoms with van der Waals surface area (Å²) in [4.78, 5) is 18.4. The minimum absolute atomic E-state index is 1.10. The lowest BCUT2D eigenvalue weighted by atomic mass is 10.2. The zero-order valence-corrected chi connectivity index (χ0v) is 19.9. The van der Waals surface area contributed by atoms with Gasteiger partial charge in [0.05, 0.1) is 27.2 Å². The van der Waals surface area contributed by atoms with E-state index in [1.807, 2.05) is 0 Å². The molecule has 29 heavy (non-hydrogen) atoms. The van der Waals surface area contributed by atoms with Gasteiger partial charge in [-0.2, -0.15) is 8.60 Å². The van der Waals surface area contributed by atoms with Crippen LogP contribution in [0, 0.1) is 0 Å². The van der Waals surface area contributed by atoms with Crippen molar-refractivity contribution in [3.05, 3.63) is 37.4 Å². The summed E-state index contributed by atoms with van der Waals surface area (Å²) < 4.78 is 12.4. The third-order valence-electron chi connectivity index (χ3n) is 4.34. The van der Waals surface area contributed by atoms with Crippen LogP contribution in [0.3, 0.4) is 0 Å². The summed E-state index contributed by atoms with van der Waals surface area (Å²) in [5.41, 5.74) is 0. The highest BCUT2D eigenvalue weighted by molar-refractivity contribution is 7.36. The molecule has 0 aromatic carbocycles. The van der Waals surface area contributed by atoms with Crippen LogP contribution in [-0.2, 0) is 31.7 Å². The van der Waals surface area contributed by atoms with Gasteiger partial charge < -0.3 is 14.3 Å². The van der Waals surface area contributed by atoms with E-state index in [-0.39, 0.29) is 0 Å². The third-order valence-corrected chi connectivity index (χ3v) is 4.63. The van der Waals surface area contributed by atoms with Gasteiger partial charge in [0.15, 0.2) is 0 Å². The molecule has 0 saturated heterocycles. The van der Waals surface area contributed by atoms with E-state index in [9.17, 15) is 9.79 Å². The molecule has 0 fully saturated rings. The molecule has 0 saturated carbocycles.